The van der Waals surface area contributed by atoms with Crippen molar-refractivity contribution in [1.29, 1.82) is 0 Å². The lowest BCUT2D eigenvalue weighted by Crippen LogP contribution is -2.38. The van der Waals surface area contributed by atoms with Crippen molar-refractivity contribution in [3.8, 4) is 5.75 Å². The van der Waals surface area contributed by atoms with Crippen LogP contribution >= 0.6 is 23.8 Å². The monoisotopic (exact) mass is 500 g/mol. The second-order valence-electron chi connectivity index (χ2n) is 7.90. The molecular formula is C21H22ClFN2O7S. The molecule has 3 heterocycles. The van der Waals surface area contributed by atoms with Gasteiger partial charge < -0.3 is 23.8 Å². The first-order valence-electron chi connectivity index (χ1n) is 10.5. The highest BCUT2D eigenvalue weighted by molar-refractivity contribution is 7.80. The second kappa shape index (κ2) is 9.78. The fourth-order valence-corrected chi connectivity index (χ4v) is 4.71. The minimum absolute atomic E-state index is 0.00954. The van der Waals surface area contributed by atoms with Crippen LogP contribution in [0.4, 0.5) is 10.1 Å². The van der Waals surface area contributed by atoms with Crippen molar-refractivity contribution in [1.82, 2.24) is 4.90 Å². The Hall–Kier alpha value is -2.50. The van der Waals surface area contributed by atoms with Gasteiger partial charge in [-0.25, -0.2) is 9.18 Å². The molecule has 12 heteroatoms. The minimum atomic E-state index is -0.763. The molecule has 3 aliphatic heterocycles. The number of halogens is 2. The number of hydrogen-bond donors (Lipinski definition) is 0. The molecule has 1 aromatic carbocycles. The molecular weight excluding hydrogens is 479 g/mol. The molecule has 1 amide bonds. The van der Waals surface area contributed by atoms with Crippen molar-refractivity contribution < 1.29 is 37.7 Å². The topological polar surface area (TPSA) is 94.6 Å². The van der Waals surface area contributed by atoms with E-state index in [9.17, 15) is 18.8 Å². The number of benzene rings is 1. The quantitative estimate of drug-likeness (QED) is 0.430. The normalized spacial score (nSPS) is 24.6. The van der Waals surface area contributed by atoms with Crippen molar-refractivity contribution in [2.45, 2.75) is 44.4 Å². The zero-order chi connectivity index (χ0) is 23.7. The lowest BCUT2D eigenvalue weighted by atomic mass is 10.0. The summed E-state index contributed by atoms with van der Waals surface area (Å²) in [6.45, 7) is 1.54. The molecule has 0 N–H and O–H groups in total. The molecule has 178 valence electrons. The highest BCUT2D eigenvalue weighted by Gasteiger charge is 2.45. The van der Waals surface area contributed by atoms with Gasteiger partial charge in [-0.05, 0) is 37.5 Å². The van der Waals surface area contributed by atoms with Gasteiger partial charge in [0.15, 0.2) is 23.9 Å². The molecule has 1 aromatic rings. The van der Waals surface area contributed by atoms with E-state index >= 15 is 0 Å². The molecule has 9 nitrogen and oxygen atoms in total. The maximum absolute atomic E-state index is 14.8. The van der Waals surface area contributed by atoms with E-state index < -0.39 is 42.6 Å². The number of thiocarbonyl (C=S) groups is 1. The summed E-state index contributed by atoms with van der Waals surface area (Å²) in [5.74, 6) is -2.32. The summed E-state index contributed by atoms with van der Waals surface area (Å²) in [5, 5.41) is 0.148. The molecule has 33 heavy (non-hydrogen) atoms. The lowest BCUT2D eigenvalue weighted by Gasteiger charge is -2.27. The second-order valence-corrected chi connectivity index (χ2v) is 8.67. The number of piperidine rings is 1. The number of carbonyl (C=O) groups is 3. The zero-order valence-electron chi connectivity index (χ0n) is 17.8. The first kappa shape index (κ1) is 23.7. The Labute approximate surface area is 199 Å². The summed E-state index contributed by atoms with van der Waals surface area (Å²) < 4.78 is 35.7. The number of amides is 1. The van der Waals surface area contributed by atoms with E-state index in [-0.39, 0.29) is 40.7 Å². The third kappa shape index (κ3) is 4.90. The number of hydrogen-bond acceptors (Lipinski definition) is 8. The van der Waals surface area contributed by atoms with Crippen LogP contribution in [0, 0.1) is 5.82 Å². The van der Waals surface area contributed by atoms with Crippen LogP contribution in [0.25, 0.3) is 0 Å². The Kier molecular flexibility index (Phi) is 7.01. The van der Waals surface area contributed by atoms with Crippen molar-refractivity contribution in [3.63, 3.8) is 0 Å². The molecule has 0 saturated carbocycles. The molecule has 3 aliphatic rings. The van der Waals surface area contributed by atoms with Gasteiger partial charge in [-0.2, -0.15) is 0 Å². The van der Waals surface area contributed by atoms with Gasteiger partial charge in [-0.15, -0.1) is 0 Å². The summed E-state index contributed by atoms with van der Waals surface area (Å²) in [6, 6.07) is 1.85. The molecule has 0 bridgehead atoms. The summed E-state index contributed by atoms with van der Waals surface area (Å²) >= 11 is 11.5. The highest BCUT2D eigenvalue weighted by atomic mass is 35.5. The van der Waals surface area contributed by atoms with Crippen LogP contribution < -0.4 is 9.64 Å². The van der Waals surface area contributed by atoms with Gasteiger partial charge in [-0.3, -0.25) is 14.5 Å². The molecule has 0 aromatic heterocycles. The van der Waals surface area contributed by atoms with Crippen molar-refractivity contribution in [2.24, 2.45) is 0 Å². The Bertz CT molecular complexity index is 970. The van der Waals surface area contributed by atoms with Gasteiger partial charge in [0.25, 0.3) is 5.91 Å². The predicted octanol–water partition coefficient (Wildman–Crippen LogP) is 2.22. The first-order chi connectivity index (χ1) is 15.8. The van der Waals surface area contributed by atoms with Crippen LogP contribution in [-0.4, -0.2) is 72.5 Å². The van der Waals surface area contributed by atoms with Gasteiger partial charge in [0, 0.05) is 19.5 Å². The Morgan fingerprint density at radius 2 is 1.97 bits per heavy atom. The van der Waals surface area contributed by atoms with Gasteiger partial charge in [0.05, 0.1) is 23.9 Å². The standard InChI is InChI=1S/C21H22ClFN2O7S/c1-11(26)31-17-8-29-9-18(17)32-19(27)10-30-16-7-15(13(23)6-12(16)22)25-20(28)14-4-2-3-5-24(14)21(25)33/h6-7,14,17-18H,2-5,8-10H2,1H3. The Morgan fingerprint density at radius 1 is 1.24 bits per heavy atom. The minimum Gasteiger partial charge on any atom is -0.480 e. The number of ether oxygens (including phenoxy) is 4. The lowest BCUT2D eigenvalue weighted by molar-refractivity contribution is -0.163. The average molecular weight is 501 g/mol. The average Bonchev–Trinajstić information content (AvgIpc) is 3.29. The molecule has 0 spiro atoms. The third-order valence-electron chi connectivity index (χ3n) is 5.61. The number of fused-ring (bicyclic) bond motifs is 1. The molecule has 3 unspecified atom stereocenters. The van der Waals surface area contributed by atoms with Gasteiger partial charge in [0.1, 0.15) is 17.6 Å². The number of nitrogens with zero attached hydrogens (tertiary/aromatic N) is 2. The van der Waals surface area contributed by atoms with E-state index in [0.29, 0.717) is 13.0 Å². The van der Waals surface area contributed by atoms with E-state index in [1.165, 1.54) is 13.0 Å². The maximum Gasteiger partial charge on any atom is 0.344 e. The van der Waals surface area contributed by atoms with Crippen LogP contribution in [0.15, 0.2) is 12.1 Å². The van der Waals surface area contributed by atoms with E-state index in [1.54, 1.807) is 4.90 Å². The van der Waals surface area contributed by atoms with E-state index in [4.69, 9.17) is 42.8 Å². The summed E-state index contributed by atoms with van der Waals surface area (Å²) in [5.41, 5.74) is -0.0914. The highest BCUT2D eigenvalue weighted by Crippen LogP contribution is 2.37. The maximum atomic E-state index is 14.8. The van der Waals surface area contributed by atoms with E-state index in [1.807, 2.05) is 0 Å². The molecule has 3 atom stereocenters. The first-order valence-corrected chi connectivity index (χ1v) is 11.3. The fourth-order valence-electron chi connectivity index (χ4n) is 4.10. The van der Waals surface area contributed by atoms with Crippen LogP contribution in [-0.2, 0) is 28.6 Å². The molecule has 4 rings (SSSR count). The Balaban J connectivity index is 1.44. The third-order valence-corrected chi connectivity index (χ3v) is 6.32. The van der Waals surface area contributed by atoms with Crippen LogP contribution in [0.1, 0.15) is 26.2 Å². The summed E-state index contributed by atoms with van der Waals surface area (Å²) in [7, 11) is 0. The van der Waals surface area contributed by atoms with Crippen LogP contribution in [0.3, 0.4) is 0 Å². The number of rotatable bonds is 6. The molecule has 3 fully saturated rings. The van der Waals surface area contributed by atoms with Gasteiger partial charge >= 0.3 is 11.9 Å². The number of esters is 2. The summed E-state index contributed by atoms with van der Waals surface area (Å²) in [4.78, 5) is 39.3. The largest absolute Gasteiger partial charge is 0.480 e. The number of anilines is 1. The predicted molar refractivity (Wildman–Crippen MR) is 118 cm³/mol. The van der Waals surface area contributed by atoms with Crippen LogP contribution in [0.2, 0.25) is 5.02 Å². The van der Waals surface area contributed by atoms with Crippen molar-refractivity contribution in [2.75, 3.05) is 31.3 Å². The van der Waals surface area contributed by atoms with Gasteiger partial charge in [0.2, 0.25) is 0 Å². The number of carbonyl (C=O) groups excluding carboxylic acids is 3. The Morgan fingerprint density at radius 3 is 2.67 bits per heavy atom. The molecule has 0 radical (unpaired) electrons. The molecule has 3 saturated heterocycles. The zero-order valence-corrected chi connectivity index (χ0v) is 19.3. The SMILES string of the molecule is CC(=O)OC1COCC1OC(=O)COc1cc(N2C(=O)C3CCCCN3C2=S)c(F)cc1Cl. The van der Waals surface area contributed by atoms with Gasteiger partial charge in [-0.1, -0.05) is 11.6 Å². The fraction of sp³-hybridized carbons (Fsp3) is 0.524. The van der Waals surface area contributed by atoms with Crippen LogP contribution in [0.5, 0.6) is 5.75 Å². The van der Waals surface area contributed by atoms with Crippen molar-refractivity contribution >= 4 is 52.5 Å². The smallest absolute Gasteiger partial charge is 0.344 e. The summed E-state index contributed by atoms with van der Waals surface area (Å²) in [6.07, 6.45) is 0.989. The van der Waals surface area contributed by atoms with E-state index in [2.05, 4.69) is 0 Å². The van der Waals surface area contributed by atoms with E-state index in [0.717, 1.165) is 23.8 Å². The molecule has 0 aliphatic carbocycles. The van der Waals surface area contributed by atoms with Crippen molar-refractivity contribution in [3.05, 3.63) is 23.0 Å².